The Morgan fingerprint density at radius 2 is 1.92 bits per heavy atom. The molecule has 24 heavy (non-hydrogen) atoms. The summed E-state index contributed by atoms with van der Waals surface area (Å²) >= 11 is 0. The summed E-state index contributed by atoms with van der Waals surface area (Å²) in [6, 6.07) is 2.25. The smallest absolute Gasteiger partial charge is 0.478 e. The first-order chi connectivity index (χ1) is 10.9. The number of nitrogens with one attached hydrogen (secondary N) is 1. The Morgan fingerprint density at radius 3 is 2.38 bits per heavy atom. The molecule has 1 amide bonds. The maximum absolute atomic E-state index is 12.4. The molecule has 1 aromatic carbocycles. The number of amides is 1. The van der Waals surface area contributed by atoms with Crippen molar-refractivity contribution in [3.8, 4) is 5.75 Å². The van der Waals surface area contributed by atoms with Crippen molar-refractivity contribution in [3.63, 3.8) is 0 Å². The summed E-state index contributed by atoms with van der Waals surface area (Å²) in [7, 11) is -6.06. The van der Waals surface area contributed by atoms with Crippen molar-refractivity contribution < 1.29 is 40.5 Å². The van der Waals surface area contributed by atoms with Crippen LogP contribution >= 0.6 is 0 Å². The number of rotatable bonds is 6. The number of carboxylic acids is 1. The van der Waals surface area contributed by atoms with Gasteiger partial charge in [-0.15, -0.1) is 0 Å². The largest absolute Gasteiger partial charge is 0.534 e. The third-order valence-electron chi connectivity index (χ3n) is 2.96. The second-order valence-corrected chi connectivity index (χ2v) is 6.29. The maximum Gasteiger partial charge on any atom is 0.534 e. The zero-order valence-electron chi connectivity index (χ0n) is 12.5. The van der Waals surface area contributed by atoms with Crippen LogP contribution in [-0.4, -0.2) is 37.0 Å². The number of alkyl halides is 3. The van der Waals surface area contributed by atoms with E-state index in [2.05, 4.69) is 9.50 Å². The normalized spacial score (nSPS) is 13.2. The molecular formula is C13H14F3NO6S. The third kappa shape index (κ3) is 4.37. The lowest BCUT2D eigenvalue weighted by Crippen LogP contribution is -2.34. The van der Waals surface area contributed by atoms with Crippen LogP contribution in [0.3, 0.4) is 0 Å². The third-order valence-corrected chi connectivity index (χ3v) is 3.92. The zero-order valence-corrected chi connectivity index (χ0v) is 13.4. The molecule has 1 atom stereocenters. The fourth-order valence-electron chi connectivity index (χ4n) is 1.58. The van der Waals surface area contributed by atoms with Crippen LogP contribution in [0.5, 0.6) is 5.75 Å². The van der Waals surface area contributed by atoms with Gasteiger partial charge in [0.2, 0.25) is 0 Å². The highest BCUT2D eigenvalue weighted by atomic mass is 32.2. The number of aromatic carboxylic acids is 1. The molecule has 0 aliphatic rings. The van der Waals surface area contributed by atoms with Gasteiger partial charge in [-0.05, 0) is 25.5 Å². The van der Waals surface area contributed by atoms with Crippen LogP contribution in [0.2, 0.25) is 0 Å². The Balaban J connectivity index is 3.44. The Kier molecular flexibility index (Phi) is 5.82. The summed E-state index contributed by atoms with van der Waals surface area (Å²) in [5, 5.41) is 11.4. The van der Waals surface area contributed by atoms with Gasteiger partial charge in [-0.1, -0.05) is 13.0 Å². The molecule has 0 radical (unpaired) electrons. The van der Waals surface area contributed by atoms with Gasteiger partial charge >= 0.3 is 21.6 Å². The van der Waals surface area contributed by atoms with Gasteiger partial charge in [-0.25, -0.2) is 4.79 Å². The molecule has 0 spiro atoms. The van der Waals surface area contributed by atoms with Gasteiger partial charge in [0.15, 0.2) is 5.75 Å². The Bertz CT molecular complexity index is 745. The highest BCUT2D eigenvalue weighted by Crippen LogP contribution is 2.30. The van der Waals surface area contributed by atoms with Crippen LogP contribution in [0.4, 0.5) is 13.2 Å². The van der Waals surface area contributed by atoms with Crippen molar-refractivity contribution >= 4 is 22.0 Å². The molecule has 0 aliphatic carbocycles. The molecular weight excluding hydrogens is 355 g/mol. The van der Waals surface area contributed by atoms with E-state index in [9.17, 15) is 31.2 Å². The molecule has 1 rings (SSSR count). The number of carbonyl (C=O) groups excluding carboxylic acids is 1. The lowest BCUT2D eigenvalue weighted by atomic mass is 10.1. The number of halogens is 3. The van der Waals surface area contributed by atoms with E-state index in [0.29, 0.717) is 6.42 Å². The fourth-order valence-corrected chi connectivity index (χ4v) is 2.05. The van der Waals surface area contributed by atoms with Crippen molar-refractivity contribution in [2.75, 3.05) is 0 Å². The Morgan fingerprint density at radius 1 is 1.33 bits per heavy atom. The van der Waals surface area contributed by atoms with E-state index in [4.69, 9.17) is 5.11 Å². The van der Waals surface area contributed by atoms with Gasteiger partial charge in [0.05, 0.1) is 11.1 Å². The number of benzene rings is 1. The molecule has 0 bridgehead atoms. The predicted molar refractivity (Wildman–Crippen MR) is 76.2 cm³/mol. The van der Waals surface area contributed by atoms with Crippen molar-refractivity contribution in [1.82, 2.24) is 5.32 Å². The van der Waals surface area contributed by atoms with E-state index in [1.807, 2.05) is 0 Å². The molecule has 0 saturated carbocycles. The van der Waals surface area contributed by atoms with Gasteiger partial charge in [-0.2, -0.15) is 21.6 Å². The van der Waals surface area contributed by atoms with Crippen molar-refractivity contribution in [2.45, 2.75) is 31.8 Å². The van der Waals surface area contributed by atoms with Crippen LogP contribution in [-0.2, 0) is 10.1 Å². The molecule has 0 fully saturated rings. The predicted octanol–water partition coefficient (Wildman–Crippen LogP) is 2.14. The minimum absolute atomic E-state index is 0.425. The zero-order chi connectivity index (χ0) is 18.7. The fraction of sp³-hybridized carbons (Fsp3) is 0.385. The molecule has 7 nitrogen and oxygen atoms in total. The standard InChI is InChI=1S/C13H14F3NO6S/c1-3-7(2)17-11(18)10-8(12(19)20)5-4-6-9(10)23-24(21,22)13(14,15)16/h4-7H,3H2,1-2H3,(H,17,18)(H,19,20). The second-order valence-electron chi connectivity index (χ2n) is 4.75. The van der Waals surface area contributed by atoms with Crippen LogP contribution in [0, 0.1) is 0 Å². The lowest BCUT2D eigenvalue weighted by Gasteiger charge is -2.16. The van der Waals surface area contributed by atoms with Crippen molar-refractivity contribution in [3.05, 3.63) is 29.3 Å². The van der Waals surface area contributed by atoms with Crippen molar-refractivity contribution in [1.29, 1.82) is 0 Å². The average Bonchev–Trinajstić information content (AvgIpc) is 2.44. The number of hydrogen-bond donors (Lipinski definition) is 2. The molecule has 134 valence electrons. The molecule has 1 aromatic rings. The summed E-state index contributed by atoms with van der Waals surface area (Å²) in [4.78, 5) is 23.4. The number of hydrogen-bond acceptors (Lipinski definition) is 5. The van der Waals surface area contributed by atoms with E-state index in [1.165, 1.54) is 0 Å². The summed E-state index contributed by atoms with van der Waals surface area (Å²) in [6.45, 7) is 3.29. The van der Waals surface area contributed by atoms with E-state index in [1.54, 1.807) is 13.8 Å². The SMILES string of the molecule is CCC(C)NC(=O)c1c(OS(=O)(=O)C(F)(F)F)cccc1C(=O)O. The van der Waals surface area contributed by atoms with Gasteiger partial charge < -0.3 is 14.6 Å². The minimum Gasteiger partial charge on any atom is -0.478 e. The van der Waals surface area contributed by atoms with Crippen LogP contribution in [0.25, 0.3) is 0 Å². The van der Waals surface area contributed by atoms with E-state index >= 15 is 0 Å². The average molecular weight is 369 g/mol. The summed E-state index contributed by atoms with van der Waals surface area (Å²) in [6.07, 6.45) is 0.456. The van der Waals surface area contributed by atoms with Crippen LogP contribution < -0.4 is 9.50 Å². The highest BCUT2D eigenvalue weighted by Gasteiger charge is 2.49. The van der Waals surface area contributed by atoms with Crippen LogP contribution in [0.15, 0.2) is 18.2 Å². The molecule has 2 N–H and O–H groups in total. The molecule has 1 unspecified atom stereocenters. The summed E-state index contributed by atoms with van der Waals surface area (Å²) in [5.41, 5.74) is -7.22. The lowest BCUT2D eigenvalue weighted by molar-refractivity contribution is -0.0500. The van der Waals surface area contributed by atoms with Gasteiger partial charge in [-0.3, -0.25) is 4.79 Å². The molecule has 0 aliphatic heterocycles. The van der Waals surface area contributed by atoms with E-state index in [-0.39, 0.29) is 0 Å². The van der Waals surface area contributed by atoms with Crippen LogP contribution in [0.1, 0.15) is 41.0 Å². The molecule has 0 saturated heterocycles. The quantitative estimate of drug-likeness (QED) is 0.587. The van der Waals surface area contributed by atoms with Gasteiger partial charge in [0, 0.05) is 6.04 Å². The molecule has 0 aromatic heterocycles. The first-order valence-corrected chi connectivity index (χ1v) is 7.99. The number of carbonyl (C=O) groups is 2. The summed E-state index contributed by atoms with van der Waals surface area (Å²) in [5.74, 6) is -3.71. The van der Waals surface area contributed by atoms with Gasteiger partial charge in [0.25, 0.3) is 5.91 Å². The van der Waals surface area contributed by atoms with Gasteiger partial charge in [0.1, 0.15) is 0 Å². The number of carboxylic acid groups (broad SMARTS) is 1. The van der Waals surface area contributed by atoms with E-state index in [0.717, 1.165) is 18.2 Å². The van der Waals surface area contributed by atoms with E-state index < -0.39 is 50.4 Å². The maximum atomic E-state index is 12.4. The first-order valence-electron chi connectivity index (χ1n) is 6.58. The topological polar surface area (TPSA) is 110 Å². The molecule has 11 heteroatoms. The second kappa shape index (κ2) is 7.07. The monoisotopic (exact) mass is 369 g/mol. The molecule has 0 heterocycles. The van der Waals surface area contributed by atoms with Crippen molar-refractivity contribution in [2.24, 2.45) is 0 Å². The highest BCUT2D eigenvalue weighted by molar-refractivity contribution is 7.88. The summed E-state index contributed by atoms with van der Waals surface area (Å²) < 4.78 is 63.5. The first kappa shape index (κ1) is 19.7. The minimum atomic E-state index is -6.06. The Hall–Kier alpha value is -2.30. The Labute approximate surface area is 135 Å².